The molecule has 0 aliphatic rings. The summed E-state index contributed by atoms with van der Waals surface area (Å²) in [5.41, 5.74) is 7.34. The molecule has 0 amide bonds. The van der Waals surface area contributed by atoms with Gasteiger partial charge in [0, 0.05) is 23.9 Å². The van der Waals surface area contributed by atoms with Gasteiger partial charge < -0.3 is 15.2 Å². The van der Waals surface area contributed by atoms with Crippen LogP contribution in [0.15, 0.2) is 42.6 Å². The molecule has 0 atom stereocenters. The molecule has 20 heavy (non-hydrogen) atoms. The van der Waals surface area contributed by atoms with Crippen LogP contribution in [0.2, 0.25) is 0 Å². The summed E-state index contributed by atoms with van der Waals surface area (Å²) in [5.74, 6) is 1.29. The molecule has 0 spiro atoms. The monoisotopic (exact) mass is 288 g/mol. The van der Waals surface area contributed by atoms with Crippen molar-refractivity contribution in [2.75, 3.05) is 13.7 Å². The average Bonchev–Trinajstić information content (AvgIpc) is 2.48. The van der Waals surface area contributed by atoms with Crippen LogP contribution < -0.4 is 15.2 Å². The number of nitrogens with zero attached hydrogens (tertiary/aromatic N) is 1. The van der Waals surface area contributed by atoms with Gasteiger partial charge in [0.1, 0.15) is 4.99 Å². The lowest BCUT2D eigenvalue weighted by Crippen LogP contribution is -2.10. The molecule has 0 unspecified atom stereocenters. The third-order valence-electron chi connectivity index (χ3n) is 2.79. The summed E-state index contributed by atoms with van der Waals surface area (Å²) >= 11 is 4.94. The van der Waals surface area contributed by atoms with Gasteiger partial charge in [0.15, 0.2) is 11.5 Å². The van der Waals surface area contributed by atoms with Gasteiger partial charge in [0.2, 0.25) is 0 Å². The van der Waals surface area contributed by atoms with Gasteiger partial charge in [-0.2, -0.15) is 0 Å². The largest absolute Gasteiger partial charge is 0.493 e. The number of aromatic nitrogens is 1. The normalized spacial score (nSPS) is 10.1. The second-order valence-corrected chi connectivity index (χ2v) is 4.59. The minimum Gasteiger partial charge on any atom is -0.493 e. The number of nitrogens with two attached hydrogens (primary N) is 1. The van der Waals surface area contributed by atoms with Gasteiger partial charge in [0.25, 0.3) is 0 Å². The van der Waals surface area contributed by atoms with Crippen LogP contribution in [0.3, 0.4) is 0 Å². The van der Waals surface area contributed by atoms with E-state index in [4.69, 9.17) is 27.4 Å². The number of thiocarbonyl (C=S) groups is 1. The van der Waals surface area contributed by atoms with E-state index in [-0.39, 0.29) is 0 Å². The summed E-state index contributed by atoms with van der Waals surface area (Å²) in [6.45, 7) is 0.528. The van der Waals surface area contributed by atoms with Gasteiger partial charge in [-0.3, -0.25) is 4.98 Å². The minimum absolute atomic E-state index is 0.336. The number of benzene rings is 1. The maximum absolute atomic E-state index is 5.72. The molecule has 0 aliphatic carbocycles. The lowest BCUT2D eigenvalue weighted by Gasteiger charge is -2.11. The van der Waals surface area contributed by atoms with Crippen molar-refractivity contribution in [2.45, 2.75) is 6.42 Å². The molecule has 0 aliphatic heterocycles. The highest BCUT2D eigenvalue weighted by molar-refractivity contribution is 7.80. The summed E-state index contributed by atoms with van der Waals surface area (Å²) < 4.78 is 11.0. The molecule has 5 heteroatoms. The van der Waals surface area contributed by atoms with Crippen LogP contribution in [-0.4, -0.2) is 23.7 Å². The van der Waals surface area contributed by atoms with E-state index in [0.717, 1.165) is 17.7 Å². The maximum Gasteiger partial charge on any atom is 0.161 e. The van der Waals surface area contributed by atoms with Crippen molar-refractivity contribution in [1.29, 1.82) is 0 Å². The van der Waals surface area contributed by atoms with E-state index in [9.17, 15) is 0 Å². The Kier molecular flexibility index (Phi) is 4.90. The van der Waals surface area contributed by atoms with E-state index in [1.807, 2.05) is 30.3 Å². The van der Waals surface area contributed by atoms with Crippen LogP contribution >= 0.6 is 12.2 Å². The molecule has 2 rings (SSSR count). The summed E-state index contributed by atoms with van der Waals surface area (Å²) in [6.07, 6.45) is 2.51. The summed E-state index contributed by atoms with van der Waals surface area (Å²) in [4.78, 5) is 4.58. The zero-order chi connectivity index (χ0) is 14.4. The molecular formula is C15H16N2O2S. The Morgan fingerprint density at radius 2 is 2.10 bits per heavy atom. The fraction of sp³-hybridized carbons (Fsp3) is 0.200. The number of methoxy groups -OCH3 is 1. The van der Waals surface area contributed by atoms with Gasteiger partial charge in [-0.25, -0.2) is 0 Å². The van der Waals surface area contributed by atoms with E-state index >= 15 is 0 Å². The highest BCUT2D eigenvalue weighted by Gasteiger charge is 2.07. The number of pyridine rings is 1. The Bertz CT molecular complexity index is 588. The van der Waals surface area contributed by atoms with Crippen molar-refractivity contribution in [3.63, 3.8) is 0 Å². The molecule has 4 nitrogen and oxygen atoms in total. The Balaban J connectivity index is 2.00. The first kappa shape index (κ1) is 14.3. The van der Waals surface area contributed by atoms with Gasteiger partial charge >= 0.3 is 0 Å². The fourth-order valence-electron chi connectivity index (χ4n) is 1.75. The predicted octanol–water partition coefficient (Wildman–Crippen LogP) is 2.35. The lowest BCUT2D eigenvalue weighted by molar-refractivity contribution is 0.296. The molecular weight excluding hydrogens is 272 g/mol. The zero-order valence-electron chi connectivity index (χ0n) is 11.2. The molecule has 0 fully saturated rings. The Labute approximate surface area is 123 Å². The van der Waals surface area contributed by atoms with Crippen molar-refractivity contribution in [2.24, 2.45) is 5.73 Å². The molecule has 2 aromatic rings. The molecule has 1 aromatic carbocycles. The molecule has 1 heterocycles. The fourth-order valence-corrected chi connectivity index (χ4v) is 1.88. The van der Waals surface area contributed by atoms with Crippen LogP contribution in [0.4, 0.5) is 0 Å². The van der Waals surface area contributed by atoms with Crippen LogP contribution in [0.5, 0.6) is 11.5 Å². The molecule has 1 aromatic heterocycles. The van der Waals surface area contributed by atoms with E-state index in [2.05, 4.69) is 4.98 Å². The Hall–Kier alpha value is -2.14. The van der Waals surface area contributed by atoms with Gasteiger partial charge in [-0.15, -0.1) is 0 Å². The summed E-state index contributed by atoms with van der Waals surface area (Å²) in [7, 11) is 1.59. The Morgan fingerprint density at radius 1 is 1.25 bits per heavy atom. The number of hydrogen-bond acceptors (Lipinski definition) is 4. The predicted molar refractivity (Wildman–Crippen MR) is 82.3 cm³/mol. The highest BCUT2D eigenvalue weighted by Crippen LogP contribution is 2.28. The maximum atomic E-state index is 5.72. The van der Waals surface area contributed by atoms with Gasteiger partial charge in [0.05, 0.1) is 13.7 Å². The second kappa shape index (κ2) is 6.86. The molecule has 2 N–H and O–H groups in total. The molecule has 0 bridgehead atoms. The molecule has 104 valence electrons. The smallest absolute Gasteiger partial charge is 0.161 e. The number of ether oxygens (including phenoxy) is 2. The summed E-state index contributed by atoms with van der Waals surface area (Å²) in [6, 6.07) is 11.2. The third kappa shape index (κ3) is 3.68. The summed E-state index contributed by atoms with van der Waals surface area (Å²) in [5, 5.41) is 0. The minimum atomic E-state index is 0.336. The Morgan fingerprint density at radius 3 is 2.75 bits per heavy atom. The number of hydrogen-bond donors (Lipinski definition) is 1. The topological polar surface area (TPSA) is 57.4 Å². The van der Waals surface area contributed by atoms with Gasteiger partial charge in [-0.1, -0.05) is 18.3 Å². The van der Waals surface area contributed by atoms with E-state index in [0.29, 0.717) is 23.1 Å². The van der Waals surface area contributed by atoms with E-state index in [1.165, 1.54) is 0 Å². The SMILES string of the molecule is COc1cc(C(N)=S)ccc1OCCc1ccccn1. The van der Waals surface area contributed by atoms with Crippen molar-refractivity contribution >= 4 is 17.2 Å². The van der Waals surface area contributed by atoms with E-state index < -0.39 is 0 Å². The molecule has 0 saturated heterocycles. The van der Waals surface area contributed by atoms with Crippen LogP contribution in [-0.2, 0) is 6.42 Å². The second-order valence-electron chi connectivity index (χ2n) is 4.15. The standard InChI is InChI=1S/C15H16N2O2S/c1-18-14-10-11(15(16)20)5-6-13(14)19-9-7-12-4-2-3-8-17-12/h2-6,8,10H,7,9H2,1H3,(H2,16,20). The van der Waals surface area contributed by atoms with Crippen molar-refractivity contribution in [1.82, 2.24) is 4.98 Å². The van der Waals surface area contributed by atoms with Crippen LogP contribution in [0.25, 0.3) is 0 Å². The molecule has 0 saturated carbocycles. The average molecular weight is 288 g/mol. The van der Waals surface area contributed by atoms with E-state index in [1.54, 1.807) is 19.4 Å². The zero-order valence-corrected chi connectivity index (χ0v) is 12.0. The first-order chi connectivity index (χ1) is 9.70. The highest BCUT2D eigenvalue weighted by atomic mass is 32.1. The van der Waals surface area contributed by atoms with Gasteiger partial charge in [-0.05, 0) is 30.3 Å². The van der Waals surface area contributed by atoms with Crippen LogP contribution in [0.1, 0.15) is 11.3 Å². The number of rotatable bonds is 6. The van der Waals surface area contributed by atoms with Crippen molar-refractivity contribution in [3.8, 4) is 11.5 Å². The van der Waals surface area contributed by atoms with Crippen LogP contribution in [0, 0.1) is 0 Å². The first-order valence-electron chi connectivity index (χ1n) is 6.21. The first-order valence-corrected chi connectivity index (χ1v) is 6.62. The van der Waals surface area contributed by atoms with Crippen molar-refractivity contribution in [3.05, 3.63) is 53.9 Å². The quantitative estimate of drug-likeness (QED) is 0.827. The lowest BCUT2D eigenvalue weighted by atomic mass is 10.2. The third-order valence-corrected chi connectivity index (χ3v) is 3.03. The molecule has 0 radical (unpaired) electrons. The van der Waals surface area contributed by atoms with Crippen molar-refractivity contribution < 1.29 is 9.47 Å².